The lowest BCUT2D eigenvalue weighted by molar-refractivity contribution is 0.583. The summed E-state index contributed by atoms with van der Waals surface area (Å²) in [5.74, 6) is 0.232. The Morgan fingerprint density at radius 3 is 2.00 bits per heavy atom. The first-order valence-corrected chi connectivity index (χ1v) is 9.22. The van der Waals surface area contributed by atoms with Crippen LogP contribution in [0.1, 0.15) is 23.6 Å². The van der Waals surface area contributed by atoms with Gasteiger partial charge in [-0.2, -0.15) is 0 Å². The zero-order valence-electron chi connectivity index (χ0n) is 12.0. The minimum Gasteiger partial charge on any atom is -0.306 e. The van der Waals surface area contributed by atoms with Crippen LogP contribution < -0.4 is 5.32 Å². The van der Waals surface area contributed by atoms with Gasteiger partial charge in [-0.25, -0.2) is 8.42 Å². The third-order valence-corrected chi connectivity index (χ3v) is 4.90. The lowest BCUT2D eigenvalue weighted by Crippen LogP contribution is -2.23. The number of sulfone groups is 1. The standard InChI is InChI=1S/C17H19NO2S/c1-21(19,20)12-6-11-18-17-15-9-4-2-7-13(15)14-8-3-5-10-16(14)17/h2-5,7-10,17-18H,6,11-12H2,1H3. The number of fused-ring (bicyclic) bond motifs is 3. The van der Waals surface area contributed by atoms with Crippen molar-refractivity contribution in [3.05, 3.63) is 59.7 Å². The average molecular weight is 301 g/mol. The highest BCUT2D eigenvalue weighted by molar-refractivity contribution is 7.90. The van der Waals surface area contributed by atoms with Crippen LogP contribution in [0, 0.1) is 0 Å². The SMILES string of the molecule is CS(=O)(=O)CCCNC1c2ccccc2-c2ccccc21. The summed E-state index contributed by atoms with van der Waals surface area (Å²) in [6, 6.07) is 17.0. The van der Waals surface area contributed by atoms with E-state index in [0.717, 1.165) is 0 Å². The van der Waals surface area contributed by atoms with Gasteiger partial charge in [0.1, 0.15) is 9.84 Å². The Bertz CT molecular complexity index is 707. The Kier molecular flexibility index (Phi) is 3.83. The predicted molar refractivity (Wildman–Crippen MR) is 86.1 cm³/mol. The highest BCUT2D eigenvalue weighted by Gasteiger charge is 2.27. The van der Waals surface area contributed by atoms with Crippen molar-refractivity contribution >= 4 is 9.84 Å². The fraction of sp³-hybridized carbons (Fsp3) is 0.294. The third-order valence-electron chi connectivity index (χ3n) is 3.87. The fourth-order valence-corrected chi connectivity index (χ4v) is 3.62. The fourth-order valence-electron chi connectivity index (χ4n) is 2.96. The van der Waals surface area contributed by atoms with Crippen LogP contribution >= 0.6 is 0 Å². The molecule has 0 aliphatic heterocycles. The van der Waals surface area contributed by atoms with Crippen molar-refractivity contribution in [2.45, 2.75) is 12.5 Å². The summed E-state index contributed by atoms with van der Waals surface area (Å²) >= 11 is 0. The molecule has 4 heteroatoms. The molecule has 0 radical (unpaired) electrons. The summed E-state index contributed by atoms with van der Waals surface area (Å²) in [6.45, 7) is 0.695. The van der Waals surface area contributed by atoms with E-state index in [1.54, 1.807) is 0 Å². The molecule has 21 heavy (non-hydrogen) atoms. The van der Waals surface area contributed by atoms with E-state index in [1.807, 2.05) is 0 Å². The second kappa shape index (κ2) is 5.62. The van der Waals surface area contributed by atoms with Gasteiger partial charge in [0.15, 0.2) is 0 Å². The van der Waals surface area contributed by atoms with Gasteiger partial charge in [-0.3, -0.25) is 0 Å². The maximum absolute atomic E-state index is 11.2. The van der Waals surface area contributed by atoms with Crippen LogP contribution in [0.15, 0.2) is 48.5 Å². The number of hydrogen-bond acceptors (Lipinski definition) is 3. The van der Waals surface area contributed by atoms with Gasteiger partial charge in [0.25, 0.3) is 0 Å². The number of nitrogens with one attached hydrogen (secondary N) is 1. The molecule has 0 saturated carbocycles. The van der Waals surface area contributed by atoms with E-state index >= 15 is 0 Å². The molecule has 110 valence electrons. The number of benzene rings is 2. The van der Waals surface area contributed by atoms with Gasteiger partial charge in [-0.05, 0) is 35.2 Å². The molecule has 3 rings (SSSR count). The lowest BCUT2D eigenvalue weighted by atomic mass is 10.1. The summed E-state index contributed by atoms with van der Waals surface area (Å²) < 4.78 is 22.4. The molecule has 0 amide bonds. The molecule has 3 nitrogen and oxygen atoms in total. The monoisotopic (exact) mass is 301 g/mol. The van der Waals surface area contributed by atoms with E-state index < -0.39 is 9.84 Å². The minimum absolute atomic E-state index is 0.164. The van der Waals surface area contributed by atoms with E-state index in [4.69, 9.17) is 0 Å². The van der Waals surface area contributed by atoms with E-state index in [0.29, 0.717) is 13.0 Å². The van der Waals surface area contributed by atoms with E-state index in [-0.39, 0.29) is 11.8 Å². The van der Waals surface area contributed by atoms with Crippen molar-refractivity contribution in [3.8, 4) is 11.1 Å². The number of hydrogen-bond donors (Lipinski definition) is 1. The first-order valence-electron chi connectivity index (χ1n) is 7.15. The molecule has 0 unspecified atom stereocenters. The molecule has 0 aromatic heterocycles. The molecular weight excluding hydrogens is 282 g/mol. The van der Waals surface area contributed by atoms with Gasteiger partial charge in [0, 0.05) is 6.26 Å². The molecule has 2 aromatic rings. The molecule has 0 fully saturated rings. The quantitative estimate of drug-likeness (QED) is 0.864. The van der Waals surface area contributed by atoms with Crippen LogP contribution in [0.25, 0.3) is 11.1 Å². The van der Waals surface area contributed by atoms with Gasteiger partial charge in [-0.15, -0.1) is 0 Å². The largest absolute Gasteiger partial charge is 0.306 e. The Hall–Kier alpha value is -1.65. The van der Waals surface area contributed by atoms with E-state index in [1.165, 1.54) is 28.5 Å². The van der Waals surface area contributed by atoms with Crippen molar-refractivity contribution in [1.82, 2.24) is 5.32 Å². The Balaban J connectivity index is 1.79. The second-order valence-corrected chi connectivity index (χ2v) is 7.80. The maximum atomic E-state index is 11.2. The predicted octanol–water partition coefficient (Wildman–Crippen LogP) is 2.78. The smallest absolute Gasteiger partial charge is 0.147 e. The zero-order valence-corrected chi connectivity index (χ0v) is 12.9. The molecule has 2 aromatic carbocycles. The highest BCUT2D eigenvalue weighted by Crippen LogP contribution is 2.42. The summed E-state index contributed by atoms with van der Waals surface area (Å²) in [5, 5.41) is 3.50. The van der Waals surface area contributed by atoms with Gasteiger partial charge in [0.2, 0.25) is 0 Å². The van der Waals surface area contributed by atoms with Gasteiger partial charge in [-0.1, -0.05) is 48.5 Å². The lowest BCUT2D eigenvalue weighted by Gasteiger charge is -2.15. The molecule has 1 aliphatic carbocycles. The minimum atomic E-state index is -2.88. The first-order chi connectivity index (χ1) is 10.1. The van der Waals surface area contributed by atoms with E-state index in [9.17, 15) is 8.42 Å². The molecule has 0 heterocycles. The van der Waals surface area contributed by atoms with Crippen LogP contribution in [0.4, 0.5) is 0 Å². The van der Waals surface area contributed by atoms with E-state index in [2.05, 4.69) is 53.8 Å². The molecule has 0 bridgehead atoms. The normalized spacial score (nSPS) is 14.0. The maximum Gasteiger partial charge on any atom is 0.147 e. The Labute approximate surface area is 125 Å². The van der Waals surface area contributed by atoms with Gasteiger partial charge in [0.05, 0.1) is 11.8 Å². The topological polar surface area (TPSA) is 46.2 Å². The third kappa shape index (κ3) is 3.01. The van der Waals surface area contributed by atoms with Crippen molar-refractivity contribution in [2.75, 3.05) is 18.6 Å². The van der Waals surface area contributed by atoms with Crippen molar-refractivity contribution in [1.29, 1.82) is 0 Å². The zero-order chi connectivity index (χ0) is 14.9. The first kappa shape index (κ1) is 14.3. The van der Waals surface area contributed by atoms with Crippen LogP contribution in [-0.2, 0) is 9.84 Å². The average Bonchev–Trinajstić information content (AvgIpc) is 2.77. The van der Waals surface area contributed by atoms with Crippen LogP contribution in [0.5, 0.6) is 0 Å². The van der Waals surface area contributed by atoms with Gasteiger partial charge >= 0.3 is 0 Å². The molecule has 1 N–H and O–H groups in total. The van der Waals surface area contributed by atoms with Crippen LogP contribution in [0.3, 0.4) is 0 Å². The van der Waals surface area contributed by atoms with Gasteiger partial charge < -0.3 is 5.32 Å². The van der Waals surface area contributed by atoms with Crippen molar-refractivity contribution < 1.29 is 8.42 Å². The molecule has 0 saturated heterocycles. The Morgan fingerprint density at radius 1 is 0.952 bits per heavy atom. The summed E-state index contributed by atoms with van der Waals surface area (Å²) in [5.41, 5.74) is 5.10. The molecule has 1 aliphatic rings. The van der Waals surface area contributed by atoms with Crippen molar-refractivity contribution in [3.63, 3.8) is 0 Å². The molecular formula is C17H19NO2S. The number of rotatable bonds is 5. The second-order valence-electron chi connectivity index (χ2n) is 5.55. The molecule has 0 spiro atoms. The summed E-state index contributed by atoms with van der Waals surface area (Å²) in [6.07, 6.45) is 1.92. The Morgan fingerprint density at radius 2 is 1.48 bits per heavy atom. The summed E-state index contributed by atoms with van der Waals surface area (Å²) in [7, 11) is -2.88. The van der Waals surface area contributed by atoms with Crippen molar-refractivity contribution in [2.24, 2.45) is 0 Å². The highest BCUT2D eigenvalue weighted by atomic mass is 32.2. The summed E-state index contributed by atoms with van der Waals surface area (Å²) in [4.78, 5) is 0. The molecule has 0 atom stereocenters. The van der Waals surface area contributed by atoms with Crippen LogP contribution in [-0.4, -0.2) is 27.0 Å². The van der Waals surface area contributed by atoms with Crippen LogP contribution in [0.2, 0.25) is 0 Å².